The number of benzene rings is 3. The van der Waals surface area contributed by atoms with Crippen LogP contribution in [0.25, 0.3) is 16.9 Å². The number of halogens is 3. The van der Waals surface area contributed by atoms with Crippen molar-refractivity contribution in [2.75, 3.05) is 17.4 Å². The fourth-order valence-corrected chi connectivity index (χ4v) is 7.56. The summed E-state index contributed by atoms with van der Waals surface area (Å²) >= 11 is 19.2. The number of nitrogens with one attached hydrogen (secondary N) is 1. The van der Waals surface area contributed by atoms with Crippen molar-refractivity contribution in [1.29, 1.82) is 0 Å². The molecule has 1 amide bonds. The lowest BCUT2D eigenvalue weighted by molar-refractivity contribution is 0.0787. The smallest absolute Gasteiger partial charge is 0.283 e. The van der Waals surface area contributed by atoms with E-state index in [1.54, 1.807) is 65.3 Å². The Kier molecular flexibility index (Phi) is 7.97. The summed E-state index contributed by atoms with van der Waals surface area (Å²) in [5.41, 5.74) is 6.50. The van der Waals surface area contributed by atoms with Gasteiger partial charge in [-0.3, -0.25) is 14.5 Å². The average molecular weight is 645 g/mol. The van der Waals surface area contributed by atoms with Gasteiger partial charge in [0.15, 0.2) is 5.69 Å². The van der Waals surface area contributed by atoms with Crippen LogP contribution in [0.5, 0.6) is 0 Å². The van der Waals surface area contributed by atoms with Crippen LogP contribution in [0.15, 0.2) is 65.6 Å². The maximum absolute atomic E-state index is 14.1. The number of amides is 1. The lowest BCUT2D eigenvalue weighted by Gasteiger charge is -2.31. The topological polar surface area (TPSA) is 87.5 Å². The molecule has 3 heterocycles. The fourth-order valence-electron chi connectivity index (χ4n) is 5.46. The standard InChI is InChI=1S/C30H28Cl3N5O3S/c1-19-6-10-22(11-7-19)42(40,41)37-18-24-28(30(39)35-36-14-4-2-3-5-15-36)34-38(26-13-9-20(31)16-25(26)33)29(24)23-12-8-21(32)17-27(23)37/h6-13,16-17H,2-5,14-15,18H2,1H3,(H,35,39). The van der Waals surface area contributed by atoms with E-state index in [1.165, 1.54) is 4.31 Å². The number of aromatic nitrogens is 2. The molecule has 12 heteroatoms. The van der Waals surface area contributed by atoms with Gasteiger partial charge in [-0.25, -0.2) is 18.1 Å². The van der Waals surface area contributed by atoms with Crippen molar-refractivity contribution < 1.29 is 13.2 Å². The molecule has 2 aliphatic heterocycles. The molecule has 1 saturated heterocycles. The van der Waals surface area contributed by atoms with Crippen LogP contribution < -0.4 is 9.73 Å². The molecule has 0 aliphatic carbocycles. The maximum Gasteiger partial charge on any atom is 0.286 e. The summed E-state index contributed by atoms with van der Waals surface area (Å²) in [6.45, 7) is 3.22. The summed E-state index contributed by atoms with van der Waals surface area (Å²) in [5.74, 6) is -0.415. The molecule has 1 fully saturated rings. The number of sulfonamides is 1. The number of rotatable bonds is 5. The van der Waals surface area contributed by atoms with Crippen LogP contribution in [0, 0.1) is 6.92 Å². The first-order valence-corrected chi connectivity index (χ1v) is 16.2. The van der Waals surface area contributed by atoms with E-state index in [4.69, 9.17) is 39.9 Å². The summed E-state index contributed by atoms with van der Waals surface area (Å²) in [7, 11) is -4.04. The van der Waals surface area contributed by atoms with Gasteiger partial charge in [-0.15, -0.1) is 0 Å². The molecule has 1 aromatic heterocycles. The number of fused-ring (bicyclic) bond motifs is 3. The van der Waals surface area contributed by atoms with Gasteiger partial charge in [0.2, 0.25) is 0 Å². The van der Waals surface area contributed by atoms with Crippen LogP contribution in [0.2, 0.25) is 15.1 Å². The summed E-state index contributed by atoms with van der Waals surface area (Å²) in [6, 6.07) is 16.7. The Labute approximate surface area is 259 Å². The van der Waals surface area contributed by atoms with E-state index in [-0.39, 0.29) is 17.1 Å². The summed E-state index contributed by atoms with van der Waals surface area (Å²) < 4.78 is 31.1. The Morgan fingerprint density at radius 2 is 1.52 bits per heavy atom. The molecule has 4 aromatic rings. The predicted molar refractivity (Wildman–Crippen MR) is 166 cm³/mol. The molecule has 0 spiro atoms. The molecule has 42 heavy (non-hydrogen) atoms. The summed E-state index contributed by atoms with van der Waals surface area (Å²) in [5, 5.41) is 7.82. The average Bonchev–Trinajstić information content (AvgIpc) is 3.14. The zero-order valence-corrected chi connectivity index (χ0v) is 25.9. The number of nitrogens with zero attached hydrogens (tertiary/aromatic N) is 4. The van der Waals surface area contributed by atoms with Crippen molar-refractivity contribution in [3.8, 4) is 16.9 Å². The largest absolute Gasteiger partial charge is 0.286 e. The first-order valence-electron chi connectivity index (χ1n) is 13.7. The minimum absolute atomic E-state index is 0.116. The van der Waals surface area contributed by atoms with Crippen molar-refractivity contribution in [3.05, 3.63) is 92.6 Å². The van der Waals surface area contributed by atoms with Crippen molar-refractivity contribution in [3.63, 3.8) is 0 Å². The normalized spacial score (nSPS) is 15.6. The van der Waals surface area contributed by atoms with Crippen LogP contribution in [-0.2, 0) is 16.6 Å². The molecular weight excluding hydrogens is 617 g/mol. The second-order valence-electron chi connectivity index (χ2n) is 10.5. The molecule has 0 unspecified atom stereocenters. The van der Waals surface area contributed by atoms with Gasteiger partial charge in [0.05, 0.1) is 33.5 Å². The lowest BCUT2D eigenvalue weighted by atomic mass is 9.99. The number of hydrazine groups is 1. The van der Waals surface area contributed by atoms with Crippen LogP contribution in [-0.4, -0.2) is 42.2 Å². The first kappa shape index (κ1) is 29.0. The number of hydrogen-bond donors (Lipinski definition) is 1. The molecule has 8 nitrogen and oxygen atoms in total. The Morgan fingerprint density at radius 1 is 0.857 bits per heavy atom. The molecule has 0 radical (unpaired) electrons. The number of carbonyl (C=O) groups excluding carboxylic acids is 1. The third kappa shape index (κ3) is 5.40. The first-order chi connectivity index (χ1) is 20.1. The molecule has 3 aromatic carbocycles. The second kappa shape index (κ2) is 11.5. The third-order valence-electron chi connectivity index (χ3n) is 7.60. The van der Waals surface area contributed by atoms with Gasteiger partial charge in [-0.1, -0.05) is 65.3 Å². The van der Waals surface area contributed by atoms with Crippen molar-refractivity contribution in [2.45, 2.75) is 44.0 Å². The predicted octanol–water partition coefficient (Wildman–Crippen LogP) is 7.04. The van der Waals surface area contributed by atoms with Crippen molar-refractivity contribution in [1.82, 2.24) is 20.2 Å². The molecular formula is C30H28Cl3N5O3S. The molecule has 0 atom stereocenters. The highest BCUT2D eigenvalue weighted by atomic mass is 35.5. The van der Waals surface area contributed by atoms with Crippen molar-refractivity contribution in [2.24, 2.45) is 0 Å². The van der Waals surface area contributed by atoms with Gasteiger partial charge in [-0.2, -0.15) is 5.10 Å². The van der Waals surface area contributed by atoms with E-state index in [0.29, 0.717) is 43.3 Å². The van der Waals surface area contributed by atoms with Gasteiger partial charge in [-0.05, 0) is 68.3 Å². The summed E-state index contributed by atoms with van der Waals surface area (Å²) in [4.78, 5) is 14.0. The third-order valence-corrected chi connectivity index (χ3v) is 10.1. The molecule has 1 N–H and O–H groups in total. The monoisotopic (exact) mass is 643 g/mol. The highest BCUT2D eigenvalue weighted by Crippen LogP contribution is 2.45. The second-order valence-corrected chi connectivity index (χ2v) is 13.7. The van der Waals surface area contributed by atoms with Crippen molar-refractivity contribution >= 4 is 56.4 Å². The minimum atomic E-state index is -4.04. The van der Waals surface area contributed by atoms with Gasteiger partial charge in [0.25, 0.3) is 15.9 Å². The van der Waals surface area contributed by atoms with Crippen LogP contribution >= 0.6 is 34.8 Å². The Bertz CT molecular complexity index is 1780. The molecule has 0 bridgehead atoms. The van der Waals surface area contributed by atoms with Gasteiger partial charge >= 0.3 is 0 Å². The molecule has 2 aliphatic rings. The van der Waals surface area contributed by atoms with Gasteiger partial charge in [0, 0.05) is 34.3 Å². The van der Waals surface area contributed by atoms with E-state index < -0.39 is 15.9 Å². The molecule has 6 rings (SSSR count). The Hall–Kier alpha value is -3.08. The van der Waals surface area contributed by atoms with Crippen LogP contribution in [0.4, 0.5) is 5.69 Å². The van der Waals surface area contributed by atoms with Gasteiger partial charge in [0.1, 0.15) is 0 Å². The zero-order chi connectivity index (χ0) is 29.6. The number of anilines is 1. The number of hydrogen-bond acceptors (Lipinski definition) is 5. The quantitative estimate of drug-likeness (QED) is 0.252. The molecule has 218 valence electrons. The highest BCUT2D eigenvalue weighted by molar-refractivity contribution is 7.92. The van der Waals surface area contributed by atoms with E-state index in [0.717, 1.165) is 44.3 Å². The minimum Gasteiger partial charge on any atom is -0.283 e. The van der Waals surface area contributed by atoms with E-state index >= 15 is 0 Å². The SMILES string of the molecule is Cc1ccc(S(=O)(=O)N2Cc3c(C(=O)NN4CCCCCC4)nn(-c4ccc(Cl)cc4Cl)c3-c3ccc(Cl)cc32)cc1. The zero-order valence-electron chi connectivity index (χ0n) is 22.8. The molecule has 0 saturated carbocycles. The van der Waals surface area contributed by atoms with Crippen LogP contribution in [0.3, 0.4) is 0 Å². The number of carbonyl (C=O) groups is 1. The van der Waals surface area contributed by atoms with Gasteiger partial charge < -0.3 is 0 Å². The Balaban J connectivity index is 1.54. The van der Waals surface area contributed by atoms with E-state index in [1.807, 2.05) is 11.9 Å². The summed E-state index contributed by atoms with van der Waals surface area (Å²) in [6.07, 6.45) is 4.17. The number of aryl methyl sites for hydroxylation is 1. The highest BCUT2D eigenvalue weighted by Gasteiger charge is 2.38. The van der Waals surface area contributed by atoms with E-state index in [2.05, 4.69) is 5.43 Å². The Morgan fingerprint density at radius 3 is 2.21 bits per heavy atom. The fraction of sp³-hybridized carbons (Fsp3) is 0.267. The maximum atomic E-state index is 14.1. The lowest BCUT2D eigenvalue weighted by Crippen LogP contribution is -2.43. The van der Waals surface area contributed by atoms with Crippen LogP contribution in [0.1, 0.15) is 47.3 Å². The van der Waals surface area contributed by atoms with E-state index in [9.17, 15) is 13.2 Å².